The summed E-state index contributed by atoms with van der Waals surface area (Å²) in [5, 5.41) is 8.31. The third-order valence-electron chi connectivity index (χ3n) is 3.84. The van der Waals surface area contributed by atoms with Crippen LogP contribution in [0.5, 0.6) is 0 Å². The average Bonchev–Trinajstić information content (AvgIpc) is 2.76. The van der Waals surface area contributed by atoms with Crippen LogP contribution in [0.15, 0.2) is 28.7 Å². The minimum atomic E-state index is 0.341. The zero-order valence-corrected chi connectivity index (χ0v) is 13.6. The summed E-state index contributed by atoms with van der Waals surface area (Å²) in [4.78, 5) is 0. The zero-order valence-electron chi connectivity index (χ0n) is 12.0. The highest BCUT2D eigenvalue weighted by Gasteiger charge is 2.26. The van der Waals surface area contributed by atoms with Crippen molar-refractivity contribution in [1.29, 1.82) is 0 Å². The maximum absolute atomic E-state index is 4.83. The molecule has 1 atom stereocenters. The fourth-order valence-corrected chi connectivity index (χ4v) is 3.48. The van der Waals surface area contributed by atoms with Gasteiger partial charge in [0.25, 0.3) is 0 Å². The molecular weight excluding hydrogens is 314 g/mol. The van der Waals surface area contributed by atoms with E-state index in [4.69, 9.17) is 5.10 Å². The van der Waals surface area contributed by atoms with Crippen molar-refractivity contribution in [3.63, 3.8) is 0 Å². The molecule has 2 aromatic rings. The first kappa shape index (κ1) is 13.7. The molecule has 3 nitrogen and oxygen atoms in total. The van der Waals surface area contributed by atoms with Gasteiger partial charge in [0.2, 0.25) is 0 Å². The highest BCUT2D eigenvalue weighted by molar-refractivity contribution is 9.10. The van der Waals surface area contributed by atoms with Crippen molar-refractivity contribution >= 4 is 21.7 Å². The fourth-order valence-electron chi connectivity index (χ4n) is 2.88. The van der Waals surface area contributed by atoms with Gasteiger partial charge in [-0.15, -0.1) is 0 Å². The Bertz CT molecular complexity index is 618. The van der Waals surface area contributed by atoms with E-state index < -0.39 is 0 Å². The third kappa shape index (κ3) is 2.37. The van der Waals surface area contributed by atoms with Crippen LogP contribution < -0.4 is 5.32 Å². The van der Waals surface area contributed by atoms with Gasteiger partial charge in [-0.05, 0) is 41.3 Å². The summed E-state index contributed by atoms with van der Waals surface area (Å²) in [6.45, 7) is 5.33. The first-order valence-electron chi connectivity index (χ1n) is 7.28. The molecule has 1 unspecified atom stereocenters. The Hall–Kier alpha value is -1.29. The van der Waals surface area contributed by atoms with Crippen LogP contribution >= 0.6 is 15.9 Å². The number of anilines is 1. The summed E-state index contributed by atoms with van der Waals surface area (Å²) in [6, 6.07) is 9.11. The predicted molar refractivity (Wildman–Crippen MR) is 86.3 cm³/mol. The maximum Gasteiger partial charge on any atom is 0.139 e. The van der Waals surface area contributed by atoms with E-state index in [1.807, 2.05) is 0 Å². The Kier molecular flexibility index (Phi) is 3.83. The summed E-state index contributed by atoms with van der Waals surface area (Å²) >= 11 is 3.71. The summed E-state index contributed by atoms with van der Waals surface area (Å²) in [5.74, 6) is 1.13. The van der Waals surface area contributed by atoms with Crippen molar-refractivity contribution in [3.05, 3.63) is 45.6 Å². The number of benzene rings is 1. The van der Waals surface area contributed by atoms with Gasteiger partial charge in [-0.2, -0.15) is 5.10 Å². The van der Waals surface area contributed by atoms with Gasteiger partial charge < -0.3 is 5.32 Å². The number of hydrogen-bond acceptors (Lipinski definition) is 2. The molecule has 3 rings (SSSR count). The molecule has 0 saturated heterocycles. The van der Waals surface area contributed by atoms with E-state index in [1.165, 1.54) is 11.1 Å². The van der Waals surface area contributed by atoms with Crippen LogP contribution in [0.1, 0.15) is 42.6 Å². The van der Waals surface area contributed by atoms with Crippen molar-refractivity contribution in [2.45, 2.75) is 39.2 Å². The van der Waals surface area contributed by atoms with Crippen LogP contribution in [0.3, 0.4) is 0 Å². The minimum Gasteiger partial charge on any atom is -0.369 e. The molecule has 4 heteroatoms. The number of hydrogen-bond donors (Lipinski definition) is 1. The molecule has 0 radical (unpaired) electrons. The summed E-state index contributed by atoms with van der Waals surface area (Å²) < 4.78 is 3.30. The largest absolute Gasteiger partial charge is 0.369 e. The number of nitrogens with one attached hydrogen (secondary N) is 1. The lowest BCUT2D eigenvalue weighted by molar-refractivity contribution is 0.477. The van der Waals surface area contributed by atoms with Gasteiger partial charge in [0, 0.05) is 6.54 Å². The fraction of sp³-hybridized carbons (Fsp3) is 0.438. The lowest BCUT2D eigenvalue weighted by Crippen LogP contribution is -2.24. The molecule has 0 amide bonds. The second-order valence-corrected chi connectivity index (χ2v) is 6.24. The van der Waals surface area contributed by atoms with Crippen LogP contribution in [0.25, 0.3) is 0 Å². The molecule has 1 N–H and O–H groups in total. The zero-order chi connectivity index (χ0) is 14.1. The SMILES string of the molecule is CCCc1nn2c(c1Br)NCCC2c1cccc(C)c1. The first-order chi connectivity index (χ1) is 9.70. The standard InChI is InChI=1S/C16H20BrN3/c1-3-5-13-15(17)16-18-9-8-14(20(16)19-13)12-7-4-6-11(2)10-12/h4,6-7,10,14,18H,3,5,8-9H2,1-2H3. The van der Waals surface area contributed by atoms with Gasteiger partial charge in [-0.25, -0.2) is 4.68 Å². The number of aromatic nitrogens is 2. The summed E-state index contributed by atoms with van der Waals surface area (Å²) in [5.41, 5.74) is 3.82. The minimum absolute atomic E-state index is 0.341. The second kappa shape index (κ2) is 5.60. The molecule has 1 aromatic heterocycles. The van der Waals surface area contributed by atoms with E-state index in [2.05, 4.69) is 64.0 Å². The van der Waals surface area contributed by atoms with Gasteiger partial charge in [0.1, 0.15) is 5.82 Å². The highest BCUT2D eigenvalue weighted by Crippen LogP contribution is 2.36. The van der Waals surface area contributed by atoms with Gasteiger partial charge in [0.15, 0.2) is 0 Å². The Morgan fingerprint density at radius 2 is 2.30 bits per heavy atom. The van der Waals surface area contributed by atoms with Gasteiger partial charge in [0.05, 0.1) is 16.2 Å². The molecule has 106 valence electrons. The molecule has 0 aliphatic carbocycles. The molecular formula is C16H20BrN3. The van der Waals surface area contributed by atoms with Crippen molar-refractivity contribution in [2.24, 2.45) is 0 Å². The maximum atomic E-state index is 4.83. The first-order valence-corrected chi connectivity index (χ1v) is 8.07. The van der Waals surface area contributed by atoms with E-state index in [9.17, 15) is 0 Å². The van der Waals surface area contributed by atoms with Crippen LogP contribution in [-0.2, 0) is 6.42 Å². The van der Waals surface area contributed by atoms with Crippen LogP contribution in [-0.4, -0.2) is 16.3 Å². The number of rotatable bonds is 3. The quantitative estimate of drug-likeness (QED) is 0.906. The van der Waals surface area contributed by atoms with E-state index in [0.717, 1.165) is 41.8 Å². The van der Waals surface area contributed by atoms with E-state index in [-0.39, 0.29) is 0 Å². The molecule has 2 heterocycles. The molecule has 1 aromatic carbocycles. The molecule has 0 fully saturated rings. The van der Waals surface area contributed by atoms with E-state index in [1.54, 1.807) is 0 Å². The average molecular weight is 334 g/mol. The Labute approximate surface area is 128 Å². The lowest BCUT2D eigenvalue weighted by atomic mass is 10.0. The van der Waals surface area contributed by atoms with Gasteiger partial charge in [-0.3, -0.25) is 0 Å². The van der Waals surface area contributed by atoms with Crippen LogP contribution in [0, 0.1) is 6.92 Å². The smallest absolute Gasteiger partial charge is 0.139 e. The molecule has 0 saturated carbocycles. The van der Waals surface area contributed by atoms with Crippen molar-refractivity contribution in [2.75, 3.05) is 11.9 Å². The van der Waals surface area contributed by atoms with Gasteiger partial charge >= 0.3 is 0 Å². The third-order valence-corrected chi connectivity index (χ3v) is 4.67. The lowest BCUT2D eigenvalue weighted by Gasteiger charge is -2.26. The number of nitrogens with zero attached hydrogens (tertiary/aromatic N) is 2. The normalized spacial score (nSPS) is 17.6. The van der Waals surface area contributed by atoms with E-state index in [0.29, 0.717) is 6.04 Å². The molecule has 1 aliphatic heterocycles. The molecule has 1 aliphatic rings. The topological polar surface area (TPSA) is 29.9 Å². The molecule has 0 bridgehead atoms. The van der Waals surface area contributed by atoms with Gasteiger partial charge in [-0.1, -0.05) is 43.2 Å². The van der Waals surface area contributed by atoms with E-state index >= 15 is 0 Å². The van der Waals surface area contributed by atoms with Crippen LogP contribution in [0.4, 0.5) is 5.82 Å². The van der Waals surface area contributed by atoms with Crippen LogP contribution in [0.2, 0.25) is 0 Å². The summed E-state index contributed by atoms with van der Waals surface area (Å²) in [7, 11) is 0. The molecule has 20 heavy (non-hydrogen) atoms. The molecule has 0 spiro atoms. The predicted octanol–water partition coefficient (Wildman–Crippen LogP) is 4.31. The van der Waals surface area contributed by atoms with Crippen molar-refractivity contribution < 1.29 is 0 Å². The Morgan fingerprint density at radius 1 is 1.45 bits per heavy atom. The Balaban J connectivity index is 2.03. The monoisotopic (exact) mass is 333 g/mol. The summed E-state index contributed by atoms with van der Waals surface area (Å²) in [6.07, 6.45) is 3.21. The highest BCUT2D eigenvalue weighted by atomic mass is 79.9. The number of halogens is 1. The van der Waals surface area contributed by atoms with Crippen molar-refractivity contribution in [1.82, 2.24) is 9.78 Å². The second-order valence-electron chi connectivity index (χ2n) is 5.45. The Morgan fingerprint density at radius 3 is 3.05 bits per heavy atom. The van der Waals surface area contributed by atoms with Crippen molar-refractivity contribution in [3.8, 4) is 0 Å². The number of fused-ring (bicyclic) bond motifs is 1. The number of aryl methyl sites for hydroxylation is 2.